The molecule has 2 heterocycles. The lowest BCUT2D eigenvalue weighted by Gasteiger charge is -2.15. The van der Waals surface area contributed by atoms with E-state index >= 15 is 0 Å². The van der Waals surface area contributed by atoms with Crippen LogP contribution in [-0.4, -0.2) is 39.8 Å². The van der Waals surface area contributed by atoms with Gasteiger partial charge < -0.3 is 9.63 Å². The number of likely N-dealkylation sites (tertiary alicyclic amines) is 1. The fourth-order valence-corrected chi connectivity index (χ4v) is 2.86. The van der Waals surface area contributed by atoms with Crippen LogP contribution in [0.25, 0.3) is 0 Å². The third-order valence-corrected chi connectivity index (χ3v) is 3.86. The van der Waals surface area contributed by atoms with E-state index < -0.39 is 0 Å². The highest BCUT2D eigenvalue weighted by Gasteiger charge is 2.36. The van der Waals surface area contributed by atoms with Crippen molar-refractivity contribution < 1.29 is 9.63 Å². The molecular formula is C15H19N3O2. The van der Waals surface area contributed by atoms with Gasteiger partial charge in [0.2, 0.25) is 5.89 Å². The molecule has 1 aromatic heterocycles. The van der Waals surface area contributed by atoms with E-state index in [-0.39, 0.29) is 18.4 Å². The number of hydrogen-bond donors (Lipinski definition) is 1. The van der Waals surface area contributed by atoms with Gasteiger partial charge in [0.25, 0.3) is 0 Å². The van der Waals surface area contributed by atoms with E-state index in [0.29, 0.717) is 11.7 Å². The molecule has 1 fully saturated rings. The van der Waals surface area contributed by atoms with Gasteiger partial charge in [-0.15, -0.1) is 0 Å². The van der Waals surface area contributed by atoms with Gasteiger partial charge in [-0.25, -0.2) is 0 Å². The van der Waals surface area contributed by atoms with E-state index in [4.69, 9.17) is 4.52 Å². The minimum Gasteiger partial charge on any atom is -0.396 e. The Morgan fingerprint density at radius 2 is 2.10 bits per heavy atom. The minimum atomic E-state index is 0.130. The van der Waals surface area contributed by atoms with Crippen LogP contribution in [0.2, 0.25) is 0 Å². The molecule has 1 saturated heterocycles. The number of aliphatic hydroxyl groups is 1. The second-order valence-corrected chi connectivity index (χ2v) is 5.41. The summed E-state index contributed by atoms with van der Waals surface area (Å²) in [7, 11) is 0. The van der Waals surface area contributed by atoms with Crippen LogP contribution in [0.3, 0.4) is 0 Å². The first-order chi connectivity index (χ1) is 9.76. The summed E-state index contributed by atoms with van der Waals surface area (Å²) in [5.74, 6) is 1.60. The van der Waals surface area contributed by atoms with Crippen molar-refractivity contribution in [1.82, 2.24) is 15.0 Å². The quantitative estimate of drug-likeness (QED) is 0.916. The summed E-state index contributed by atoms with van der Waals surface area (Å²) in [6.07, 6.45) is 0. The van der Waals surface area contributed by atoms with E-state index in [9.17, 15) is 5.11 Å². The van der Waals surface area contributed by atoms with Crippen molar-refractivity contribution >= 4 is 0 Å². The molecule has 20 heavy (non-hydrogen) atoms. The SMILES string of the molecule is Cc1noc([C@@H]2CN(Cc3ccccc3)C[C@H]2CO)n1. The van der Waals surface area contributed by atoms with E-state index in [0.717, 1.165) is 19.6 Å². The smallest absolute Gasteiger partial charge is 0.231 e. The summed E-state index contributed by atoms with van der Waals surface area (Å²) in [5, 5.41) is 13.4. The molecule has 5 heteroatoms. The second kappa shape index (κ2) is 5.73. The summed E-state index contributed by atoms with van der Waals surface area (Å²) in [6, 6.07) is 10.4. The molecule has 0 unspecified atom stereocenters. The molecule has 0 aliphatic carbocycles. The van der Waals surface area contributed by atoms with Gasteiger partial charge in [-0.05, 0) is 12.5 Å². The van der Waals surface area contributed by atoms with Crippen molar-refractivity contribution in [3.63, 3.8) is 0 Å². The van der Waals surface area contributed by atoms with Crippen LogP contribution in [0.4, 0.5) is 0 Å². The minimum absolute atomic E-state index is 0.130. The number of benzene rings is 1. The molecular weight excluding hydrogens is 254 g/mol. The van der Waals surface area contributed by atoms with Crippen LogP contribution >= 0.6 is 0 Å². The summed E-state index contributed by atoms with van der Waals surface area (Å²) in [4.78, 5) is 6.65. The van der Waals surface area contributed by atoms with Crippen molar-refractivity contribution in [2.75, 3.05) is 19.7 Å². The van der Waals surface area contributed by atoms with Gasteiger partial charge in [-0.2, -0.15) is 4.98 Å². The normalized spacial score (nSPS) is 23.3. The van der Waals surface area contributed by atoms with Gasteiger partial charge in [0, 0.05) is 32.2 Å². The number of hydrogen-bond acceptors (Lipinski definition) is 5. The van der Waals surface area contributed by atoms with Crippen LogP contribution < -0.4 is 0 Å². The Bertz CT molecular complexity index is 555. The first-order valence-corrected chi connectivity index (χ1v) is 6.93. The average Bonchev–Trinajstić information content (AvgIpc) is 3.06. The summed E-state index contributed by atoms with van der Waals surface area (Å²) in [5.41, 5.74) is 1.28. The monoisotopic (exact) mass is 273 g/mol. The van der Waals surface area contributed by atoms with Crippen LogP contribution in [0, 0.1) is 12.8 Å². The Balaban J connectivity index is 1.71. The number of aromatic nitrogens is 2. The van der Waals surface area contributed by atoms with E-state index in [1.807, 2.05) is 25.1 Å². The maximum Gasteiger partial charge on any atom is 0.231 e. The molecule has 0 saturated carbocycles. The van der Waals surface area contributed by atoms with E-state index in [1.54, 1.807) is 0 Å². The fraction of sp³-hybridized carbons (Fsp3) is 0.467. The van der Waals surface area contributed by atoms with Gasteiger partial charge >= 0.3 is 0 Å². The van der Waals surface area contributed by atoms with Gasteiger partial charge in [-0.3, -0.25) is 4.90 Å². The molecule has 106 valence electrons. The lowest BCUT2D eigenvalue weighted by molar-refractivity contribution is 0.205. The predicted octanol–water partition coefficient (Wildman–Crippen LogP) is 1.59. The lowest BCUT2D eigenvalue weighted by Crippen LogP contribution is -2.20. The Morgan fingerprint density at radius 1 is 1.30 bits per heavy atom. The van der Waals surface area contributed by atoms with Crippen molar-refractivity contribution in [1.29, 1.82) is 0 Å². The number of aryl methyl sites for hydroxylation is 1. The molecule has 1 aliphatic rings. The molecule has 1 N–H and O–H groups in total. The standard InChI is InChI=1S/C15H19N3O2/c1-11-16-15(20-17-11)14-9-18(8-13(14)10-19)7-12-5-3-2-4-6-12/h2-6,13-14,19H,7-10H2,1H3/t13-,14+/m0/s1. The van der Waals surface area contributed by atoms with Crippen molar-refractivity contribution in [2.24, 2.45) is 5.92 Å². The molecule has 5 nitrogen and oxygen atoms in total. The third-order valence-electron chi connectivity index (χ3n) is 3.86. The number of rotatable bonds is 4. The Kier molecular flexibility index (Phi) is 3.80. The molecule has 0 bridgehead atoms. The molecule has 2 aromatic rings. The Morgan fingerprint density at radius 3 is 2.75 bits per heavy atom. The topological polar surface area (TPSA) is 62.4 Å². The van der Waals surface area contributed by atoms with Gasteiger partial charge in [-0.1, -0.05) is 35.5 Å². The molecule has 0 amide bonds. The maximum atomic E-state index is 9.57. The molecule has 3 rings (SSSR count). The number of aliphatic hydroxyl groups excluding tert-OH is 1. The van der Waals surface area contributed by atoms with Crippen molar-refractivity contribution in [3.05, 3.63) is 47.6 Å². The third kappa shape index (κ3) is 2.73. The van der Waals surface area contributed by atoms with Crippen LogP contribution in [0.15, 0.2) is 34.9 Å². The van der Waals surface area contributed by atoms with Gasteiger partial charge in [0.15, 0.2) is 5.82 Å². The highest BCUT2D eigenvalue weighted by atomic mass is 16.5. The Labute approximate surface area is 118 Å². The fourth-order valence-electron chi connectivity index (χ4n) is 2.86. The molecule has 2 atom stereocenters. The number of nitrogens with zero attached hydrogens (tertiary/aromatic N) is 3. The van der Waals surface area contributed by atoms with E-state index in [2.05, 4.69) is 27.2 Å². The zero-order valence-electron chi connectivity index (χ0n) is 11.6. The predicted molar refractivity (Wildman–Crippen MR) is 74.1 cm³/mol. The molecule has 1 aliphatic heterocycles. The molecule has 1 aromatic carbocycles. The lowest BCUT2D eigenvalue weighted by atomic mass is 9.97. The Hall–Kier alpha value is -1.72. The first kappa shape index (κ1) is 13.3. The maximum absolute atomic E-state index is 9.57. The molecule has 0 radical (unpaired) electrons. The van der Waals surface area contributed by atoms with Crippen molar-refractivity contribution in [3.8, 4) is 0 Å². The first-order valence-electron chi connectivity index (χ1n) is 6.93. The second-order valence-electron chi connectivity index (χ2n) is 5.41. The van der Waals surface area contributed by atoms with E-state index in [1.165, 1.54) is 5.56 Å². The average molecular weight is 273 g/mol. The highest BCUT2D eigenvalue weighted by Crippen LogP contribution is 2.32. The summed E-state index contributed by atoms with van der Waals surface area (Å²) >= 11 is 0. The highest BCUT2D eigenvalue weighted by molar-refractivity contribution is 5.15. The largest absolute Gasteiger partial charge is 0.396 e. The van der Waals surface area contributed by atoms with Crippen LogP contribution in [0.5, 0.6) is 0 Å². The van der Waals surface area contributed by atoms with Gasteiger partial charge in [0.1, 0.15) is 0 Å². The van der Waals surface area contributed by atoms with Crippen molar-refractivity contribution in [2.45, 2.75) is 19.4 Å². The summed E-state index contributed by atoms with van der Waals surface area (Å²) in [6.45, 7) is 4.56. The van der Waals surface area contributed by atoms with Crippen LogP contribution in [0.1, 0.15) is 23.2 Å². The van der Waals surface area contributed by atoms with Gasteiger partial charge in [0.05, 0.1) is 5.92 Å². The zero-order chi connectivity index (χ0) is 13.9. The summed E-state index contributed by atoms with van der Waals surface area (Å²) < 4.78 is 5.28. The molecule has 0 spiro atoms. The van der Waals surface area contributed by atoms with Crippen LogP contribution in [-0.2, 0) is 6.54 Å². The zero-order valence-corrected chi connectivity index (χ0v) is 11.6.